The molecule has 0 spiro atoms. The first-order valence-electron chi connectivity index (χ1n) is 16.1. The van der Waals surface area contributed by atoms with E-state index in [9.17, 15) is 0 Å². The van der Waals surface area contributed by atoms with Gasteiger partial charge in [-0.15, -0.1) is 5.10 Å². The minimum atomic E-state index is -0.837. The summed E-state index contributed by atoms with van der Waals surface area (Å²) in [5.41, 5.74) is 14.6. The van der Waals surface area contributed by atoms with Crippen molar-refractivity contribution in [1.29, 1.82) is 0 Å². The maximum absolute atomic E-state index is 5.88. The zero-order chi connectivity index (χ0) is 32.2. The van der Waals surface area contributed by atoms with Gasteiger partial charge in [0.1, 0.15) is 11.4 Å². The fourth-order valence-electron chi connectivity index (χ4n) is 6.77. The highest BCUT2D eigenvalue weighted by molar-refractivity contribution is 5.81. The zero-order valence-electron chi connectivity index (χ0n) is 26.7. The molecule has 2 aromatic heterocycles. The number of hydrogen-bond acceptors (Lipinski definition) is 5. The van der Waals surface area contributed by atoms with Crippen molar-refractivity contribution < 1.29 is 0 Å². The van der Waals surface area contributed by atoms with Crippen LogP contribution in [0.25, 0.3) is 28.2 Å². The van der Waals surface area contributed by atoms with Crippen molar-refractivity contribution in [1.82, 2.24) is 29.8 Å². The number of imidazole rings is 1. The molecule has 2 heterocycles. The highest BCUT2D eigenvalue weighted by Crippen LogP contribution is 2.43. The normalized spacial score (nSPS) is 11.6. The highest BCUT2D eigenvalue weighted by atomic mass is 15.6. The zero-order valence-corrected chi connectivity index (χ0v) is 26.7. The van der Waals surface area contributed by atoms with E-state index < -0.39 is 5.54 Å². The van der Waals surface area contributed by atoms with Crippen LogP contribution in [0.15, 0.2) is 140 Å². The maximum Gasteiger partial charge on any atom is 0.184 e. The molecular weight excluding hydrogens is 578 g/mol. The molecule has 0 saturated carbocycles. The summed E-state index contributed by atoms with van der Waals surface area (Å²) in [7, 11) is 0. The molecule has 232 valence electrons. The summed E-state index contributed by atoms with van der Waals surface area (Å²) in [6.45, 7) is 4.84. The van der Waals surface area contributed by atoms with Crippen molar-refractivity contribution in [3.8, 4) is 28.2 Å². The van der Waals surface area contributed by atoms with E-state index in [4.69, 9.17) is 21.0 Å². The summed E-state index contributed by atoms with van der Waals surface area (Å²) in [6, 6.07) is 48.5. The van der Waals surface area contributed by atoms with Crippen molar-refractivity contribution in [2.75, 3.05) is 6.54 Å². The molecule has 0 atom stereocenters. The topological polar surface area (TPSA) is 87.4 Å². The average molecular weight is 616 g/mol. The van der Waals surface area contributed by atoms with Gasteiger partial charge in [-0.25, -0.2) is 9.67 Å². The third kappa shape index (κ3) is 5.24. The lowest BCUT2D eigenvalue weighted by Crippen LogP contribution is -2.39. The van der Waals surface area contributed by atoms with E-state index >= 15 is 0 Å². The molecule has 47 heavy (non-hydrogen) atoms. The molecule has 7 heteroatoms. The first kappa shape index (κ1) is 30.0. The van der Waals surface area contributed by atoms with Gasteiger partial charge >= 0.3 is 0 Å². The van der Waals surface area contributed by atoms with Gasteiger partial charge in [0.05, 0.1) is 5.69 Å². The predicted octanol–water partition coefficient (Wildman–Crippen LogP) is 7.41. The van der Waals surface area contributed by atoms with Crippen LogP contribution in [0, 0.1) is 6.92 Å². The Morgan fingerprint density at radius 3 is 1.72 bits per heavy atom. The number of hydrogen-bond donors (Lipinski definition) is 1. The number of nitrogens with two attached hydrogens (primary N) is 1. The van der Waals surface area contributed by atoms with Gasteiger partial charge in [-0.1, -0.05) is 134 Å². The third-order valence-electron chi connectivity index (χ3n) is 8.94. The summed E-state index contributed by atoms with van der Waals surface area (Å²) < 4.78 is 4.23. The number of aryl methyl sites for hydroxylation is 1. The summed E-state index contributed by atoms with van der Waals surface area (Å²) in [5.74, 6) is 1.71. The van der Waals surface area contributed by atoms with Crippen molar-refractivity contribution in [3.05, 3.63) is 173 Å². The lowest BCUT2D eigenvalue weighted by atomic mass is 9.77. The van der Waals surface area contributed by atoms with Crippen LogP contribution < -0.4 is 5.73 Å². The van der Waals surface area contributed by atoms with Crippen LogP contribution in [0.2, 0.25) is 0 Å². The Hall–Kier alpha value is -5.66. The Balaban J connectivity index is 1.40. The molecule has 0 amide bonds. The second-order valence-electron chi connectivity index (χ2n) is 11.6. The quantitative estimate of drug-likeness (QED) is 0.162. The number of aromatic nitrogens is 6. The van der Waals surface area contributed by atoms with E-state index in [0.29, 0.717) is 12.4 Å². The fraction of sp³-hybridized carbons (Fsp3) is 0.150. The Morgan fingerprint density at radius 2 is 1.19 bits per heavy atom. The number of tetrazole rings is 1. The molecule has 0 aliphatic heterocycles. The van der Waals surface area contributed by atoms with Crippen LogP contribution in [-0.2, 0) is 18.4 Å². The van der Waals surface area contributed by atoms with Crippen LogP contribution >= 0.6 is 0 Å². The van der Waals surface area contributed by atoms with Crippen LogP contribution in [-0.4, -0.2) is 36.3 Å². The van der Waals surface area contributed by atoms with Gasteiger partial charge < -0.3 is 10.3 Å². The van der Waals surface area contributed by atoms with Crippen LogP contribution in [0.5, 0.6) is 0 Å². The molecule has 0 saturated heterocycles. The standard InChI is InChI=1S/C40H37N7/c1-3-38-42-37(27-28-41)29(2)46(38)34-25-23-30(24-26-34)35-21-13-14-22-36(35)39-43-44-45-47(39)40(31-15-7-4-8-16-31,32-17-9-5-10-18-32)33-19-11-6-12-20-33/h4-26H,3,27-28,41H2,1-2H3. The monoisotopic (exact) mass is 615 g/mol. The molecule has 7 rings (SSSR count). The Bertz CT molecular complexity index is 1980. The number of benzene rings is 5. The van der Waals surface area contributed by atoms with Crippen LogP contribution in [0.4, 0.5) is 0 Å². The highest BCUT2D eigenvalue weighted by Gasteiger charge is 2.42. The summed E-state index contributed by atoms with van der Waals surface area (Å²) >= 11 is 0. The number of rotatable bonds is 10. The average Bonchev–Trinajstić information content (AvgIpc) is 3.75. The lowest BCUT2D eigenvalue weighted by Gasteiger charge is -2.36. The molecule has 0 fully saturated rings. The Labute approximate surface area is 275 Å². The van der Waals surface area contributed by atoms with Gasteiger partial charge in [-0.2, -0.15) is 0 Å². The first-order valence-corrected chi connectivity index (χ1v) is 16.1. The van der Waals surface area contributed by atoms with E-state index in [-0.39, 0.29) is 0 Å². The number of nitrogens with zero attached hydrogens (tertiary/aromatic N) is 6. The minimum absolute atomic E-state index is 0.580. The molecule has 0 aliphatic rings. The third-order valence-corrected chi connectivity index (χ3v) is 8.94. The molecule has 0 radical (unpaired) electrons. The Kier molecular flexibility index (Phi) is 8.29. The van der Waals surface area contributed by atoms with Gasteiger partial charge in [0.2, 0.25) is 0 Å². The fourth-order valence-corrected chi connectivity index (χ4v) is 6.77. The van der Waals surface area contributed by atoms with E-state index in [1.165, 1.54) is 0 Å². The van der Waals surface area contributed by atoms with E-state index in [1.54, 1.807) is 0 Å². The van der Waals surface area contributed by atoms with E-state index in [0.717, 1.165) is 69.1 Å². The summed E-state index contributed by atoms with van der Waals surface area (Å²) in [5, 5.41) is 13.8. The van der Waals surface area contributed by atoms with Crippen molar-refractivity contribution >= 4 is 0 Å². The molecule has 0 bridgehead atoms. The van der Waals surface area contributed by atoms with Gasteiger partial charge in [0.25, 0.3) is 0 Å². The SMILES string of the molecule is CCc1nc(CCN)c(C)n1-c1ccc(-c2ccccc2-c2nnnn2C(c2ccccc2)(c2ccccc2)c2ccccc2)cc1. The van der Waals surface area contributed by atoms with Gasteiger partial charge in [-0.3, -0.25) is 0 Å². The van der Waals surface area contributed by atoms with Crippen molar-refractivity contribution in [2.45, 2.75) is 32.2 Å². The summed E-state index contributed by atoms with van der Waals surface area (Å²) in [6.07, 6.45) is 1.60. The van der Waals surface area contributed by atoms with Crippen molar-refractivity contribution in [2.24, 2.45) is 5.73 Å². The molecule has 0 aliphatic carbocycles. The smallest absolute Gasteiger partial charge is 0.184 e. The minimum Gasteiger partial charge on any atom is -0.330 e. The second-order valence-corrected chi connectivity index (χ2v) is 11.6. The molecule has 7 aromatic rings. The molecule has 7 nitrogen and oxygen atoms in total. The van der Waals surface area contributed by atoms with Crippen molar-refractivity contribution in [3.63, 3.8) is 0 Å². The molecular formula is C40H37N7. The Morgan fingerprint density at radius 1 is 0.660 bits per heavy atom. The van der Waals surface area contributed by atoms with E-state index in [1.807, 2.05) is 28.9 Å². The molecule has 2 N–H and O–H groups in total. The second kappa shape index (κ2) is 13.0. The van der Waals surface area contributed by atoms with Gasteiger partial charge in [-0.05, 0) is 63.8 Å². The molecule has 0 unspecified atom stereocenters. The van der Waals surface area contributed by atoms with Gasteiger partial charge in [0.15, 0.2) is 5.82 Å². The van der Waals surface area contributed by atoms with Crippen LogP contribution in [0.3, 0.4) is 0 Å². The first-order chi connectivity index (χ1) is 23.2. The van der Waals surface area contributed by atoms with Crippen LogP contribution in [0.1, 0.15) is 40.8 Å². The maximum atomic E-state index is 5.88. The molecule has 5 aromatic carbocycles. The lowest BCUT2D eigenvalue weighted by molar-refractivity contribution is 0.451. The summed E-state index contributed by atoms with van der Waals surface area (Å²) in [4.78, 5) is 4.89. The largest absolute Gasteiger partial charge is 0.330 e. The predicted molar refractivity (Wildman–Crippen MR) is 187 cm³/mol. The van der Waals surface area contributed by atoms with Gasteiger partial charge in [0, 0.05) is 29.8 Å². The van der Waals surface area contributed by atoms with E-state index in [2.05, 4.69) is 139 Å².